The van der Waals surface area contributed by atoms with Crippen molar-refractivity contribution in [3.63, 3.8) is 0 Å². The zero-order chi connectivity index (χ0) is 19.5. The van der Waals surface area contributed by atoms with Crippen LogP contribution in [0.5, 0.6) is 0 Å². The molecule has 28 heavy (non-hydrogen) atoms. The molecule has 0 aliphatic carbocycles. The molecule has 0 atom stereocenters. The summed E-state index contributed by atoms with van der Waals surface area (Å²) in [4.78, 5) is 16.0. The smallest absolute Gasteiger partial charge is 0.230 e. The molecule has 4 rings (SSSR count). The number of nitrogens with zero attached hydrogens (tertiary/aromatic N) is 3. The Kier molecular flexibility index (Phi) is 5.61. The van der Waals surface area contributed by atoms with Gasteiger partial charge in [0.05, 0.1) is 15.7 Å². The first-order chi connectivity index (χ1) is 13.6. The molecule has 0 spiro atoms. The lowest BCUT2D eigenvalue weighted by molar-refractivity contribution is -0.378. The molecule has 0 aliphatic heterocycles. The maximum Gasteiger partial charge on any atom is 0.230 e. The topological polar surface area (TPSA) is 74.0 Å². The number of carbonyl (C=O) groups is 1. The van der Waals surface area contributed by atoms with E-state index in [9.17, 15) is 4.79 Å². The predicted octanol–water partition coefficient (Wildman–Crippen LogP) is 3.57. The van der Waals surface area contributed by atoms with Gasteiger partial charge in [0.15, 0.2) is 23.4 Å². The summed E-state index contributed by atoms with van der Waals surface area (Å²) in [6, 6.07) is 11.8. The monoisotopic (exact) mass is 430 g/mol. The summed E-state index contributed by atoms with van der Waals surface area (Å²) in [5.41, 5.74) is 1.01. The molecule has 0 saturated heterocycles. The van der Waals surface area contributed by atoms with E-state index in [1.165, 1.54) is 11.8 Å². The lowest BCUT2D eigenvalue weighted by atomic mass is 10.2. The quantitative estimate of drug-likeness (QED) is 0.474. The van der Waals surface area contributed by atoms with Gasteiger partial charge in [-0.15, -0.1) is 21.5 Å². The van der Waals surface area contributed by atoms with Crippen molar-refractivity contribution in [3.8, 4) is 10.7 Å². The maximum absolute atomic E-state index is 12.1. The van der Waals surface area contributed by atoms with Gasteiger partial charge in [-0.1, -0.05) is 41.6 Å². The van der Waals surface area contributed by atoms with Gasteiger partial charge in [-0.2, -0.15) is 0 Å². The van der Waals surface area contributed by atoms with Gasteiger partial charge in [-0.3, -0.25) is 4.79 Å². The molecule has 6 nitrogen and oxygen atoms in total. The summed E-state index contributed by atoms with van der Waals surface area (Å²) >= 11 is 9.49. The first kappa shape index (κ1) is 18.9. The molecule has 0 saturated carbocycles. The number of benzene rings is 1. The molecule has 2 N–H and O–H groups in total. The molecule has 142 valence electrons. The highest BCUT2D eigenvalue weighted by atomic mass is 35.5. The first-order valence-corrected chi connectivity index (χ1v) is 10.7. The number of thiophene rings is 1. The van der Waals surface area contributed by atoms with Crippen molar-refractivity contribution in [2.24, 2.45) is 7.05 Å². The number of aromatic nitrogens is 4. The van der Waals surface area contributed by atoms with Crippen LogP contribution in [-0.4, -0.2) is 26.4 Å². The largest absolute Gasteiger partial charge is 0.351 e. The summed E-state index contributed by atoms with van der Waals surface area (Å²) in [5.74, 6) is 0.912. The van der Waals surface area contributed by atoms with Gasteiger partial charge in [-0.25, -0.2) is 4.98 Å². The van der Waals surface area contributed by atoms with Gasteiger partial charge in [0.2, 0.25) is 5.91 Å². The summed E-state index contributed by atoms with van der Waals surface area (Å²) in [6.45, 7) is 0.484. The number of thioether (sulfide) groups is 1. The molecule has 0 fully saturated rings. The van der Waals surface area contributed by atoms with Crippen molar-refractivity contribution < 1.29 is 9.78 Å². The predicted molar refractivity (Wildman–Crippen MR) is 112 cm³/mol. The van der Waals surface area contributed by atoms with Gasteiger partial charge < -0.3 is 9.88 Å². The average Bonchev–Trinajstić information content (AvgIpc) is 3.25. The highest BCUT2D eigenvalue weighted by Gasteiger charge is 2.19. The van der Waals surface area contributed by atoms with Gasteiger partial charge in [0, 0.05) is 35.3 Å². The SMILES string of the molecule is Cn1c(SCC(=O)NCc2ccc[nH+]c2)nnc1-c1sc2ccccc2c1Cl. The number of carbonyl (C=O) groups excluding carboxylic acids is 1. The Balaban J connectivity index is 1.43. The highest BCUT2D eigenvalue weighted by molar-refractivity contribution is 7.99. The fraction of sp³-hybridized carbons (Fsp3) is 0.158. The maximum atomic E-state index is 12.1. The molecule has 1 amide bonds. The average molecular weight is 431 g/mol. The first-order valence-electron chi connectivity index (χ1n) is 8.55. The summed E-state index contributed by atoms with van der Waals surface area (Å²) in [5, 5.41) is 13.8. The number of amides is 1. The van der Waals surface area contributed by atoms with Crippen LogP contribution in [0.25, 0.3) is 20.8 Å². The van der Waals surface area contributed by atoms with Crippen LogP contribution in [0.3, 0.4) is 0 Å². The minimum atomic E-state index is -0.0571. The van der Waals surface area contributed by atoms with Crippen molar-refractivity contribution >= 4 is 50.7 Å². The van der Waals surface area contributed by atoms with Crippen molar-refractivity contribution in [3.05, 3.63) is 59.4 Å². The van der Waals surface area contributed by atoms with E-state index in [1.807, 2.05) is 60.4 Å². The van der Waals surface area contributed by atoms with Crippen LogP contribution >= 0.6 is 34.7 Å². The number of hydrogen-bond acceptors (Lipinski definition) is 5. The Hall–Kier alpha value is -2.42. The number of halogens is 1. The molecule has 1 aromatic carbocycles. The van der Waals surface area contributed by atoms with E-state index >= 15 is 0 Å². The Bertz CT molecular complexity index is 1130. The fourth-order valence-corrected chi connectivity index (χ4v) is 5.00. The van der Waals surface area contributed by atoms with E-state index in [2.05, 4.69) is 20.5 Å². The van der Waals surface area contributed by atoms with E-state index in [0.29, 0.717) is 22.5 Å². The number of hydrogen-bond donors (Lipinski definition) is 1. The van der Waals surface area contributed by atoms with Crippen LogP contribution in [0.2, 0.25) is 5.02 Å². The molecule has 0 radical (unpaired) electrons. The fourth-order valence-electron chi connectivity index (χ4n) is 2.72. The van der Waals surface area contributed by atoms with Gasteiger partial charge in [0.25, 0.3) is 0 Å². The number of H-pyrrole nitrogens is 1. The molecule has 3 heterocycles. The van der Waals surface area contributed by atoms with Crippen molar-refractivity contribution in [1.82, 2.24) is 20.1 Å². The Morgan fingerprint density at radius 2 is 2.14 bits per heavy atom. The number of nitrogens with one attached hydrogen (secondary N) is 2. The Labute approximate surface area is 175 Å². The molecule has 0 bridgehead atoms. The molecular formula is C19H17ClN5OS2+. The number of aromatic amines is 1. The second-order valence-corrected chi connectivity index (χ2v) is 8.46. The van der Waals surface area contributed by atoms with Gasteiger partial charge in [-0.05, 0) is 12.1 Å². The van der Waals surface area contributed by atoms with E-state index < -0.39 is 0 Å². The van der Waals surface area contributed by atoms with Crippen molar-refractivity contribution in [2.75, 3.05) is 5.75 Å². The van der Waals surface area contributed by atoms with E-state index in [0.717, 1.165) is 20.5 Å². The third-order valence-electron chi connectivity index (χ3n) is 4.17. The number of pyridine rings is 1. The zero-order valence-corrected chi connectivity index (χ0v) is 17.4. The Morgan fingerprint density at radius 3 is 2.93 bits per heavy atom. The highest BCUT2D eigenvalue weighted by Crippen LogP contribution is 2.41. The zero-order valence-electron chi connectivity index (χ0n) is 15.0. The van der Waals surface area contributed by atoms with Crippen molar-refractivity contribution in [2.45, 2.75) is 11.7 Å². The molecule has 0 aliphatic rings. The van der Waals surface area contributed by atoms with Crippen LogP contribution in [0, 0.1) is 0 Å². The summed E-state index contributed by atoms with van der Waals surface area (Å²) in [6.07, 6.45) is 3.69. The van der Waals surface area contributed by atoms with Gasteiger partial charge >= 0.3 is 0 Å². The molecule has 0 unspecified atom stereocenters. The van der Waals surface area contributed by atoms with Crippen molar-refractivity contribution in [1.29, 1.82) is 0 Å². The summed E-state index contributed by atoms with van der Waals surface area (Å²) in [7, 11) is 1.89. The third kappa shape index (κ3) is 3.89. The third-order valence-corrected chi connectivity index (χ3v) is 6.86. The van der Waals surface area contributed by atoms with Crippen LogP contribution in [-0.2, 0) is 18.4 Å². The second-order valence-electron chi connectivity index (χ2n) is 6.08. The minimum Gasteiger partial charge on any atom is -0.351 e. The number of rotatable bonds is 6. The lowest BCUT2D eigenvalue weighted by Crippen LogP contribution is -2.25. The van der Waals surface area contributed by atoms with Crippen LogP contribution in [0.4, 0.5) is 0 Å². The molecular weight excluding hydrogens is 414 g/mol. The summed E-state index contributed by atoms with van der Waals surface area (Å²) < 4.78 is 2.98. The molecule has 9 heteroatoms. The van der Waals surface area contributed by atoms with E-state index in [4.69, 9.17) is 11.6 Å². The second kappa shape index (κ2) is 8.30. The molecule has 4 aromatic rings. The Morgan fingerprint density at radius 1 is 1.29 bits per heavy atom. The van der Waals surface area contributed by atoms with Crippen LogP contribution < -0.4 is 10.3 Å². The van der Waals surface area contributed by atoms with E-state index in [1.54, 1.807) is 11.3 Å². The van der Waals surface area contributed by atoms with E-state index in [-0.39, 0.29) is 11.7 Å². The van der Waals surface area contributed by atoms with Crippen LogP contribution in [0.15, 0.2) is 53.9 Å². The lowest BCUT2D eigenvalue weighted by Gasteiger charge is -2.04. The standard InChI is InChI=1S/C19H16ClN5OS2/c1-25-18(17-16(20)13-6-2-3-7-14(13)28-17)23-24-19(25)27-11-15(26)22-10-12-5-4-8-21-9-12/h2-9H,10-11H2,1H3,(H,22,26)/p+1. The van der Waals surface area contributed by atoms with Crippen LogP contribution in [0.1, 0.15) is 5.56 Å². The number of fused-ring (bicyclic) bond motifs is 1. The van der Waals surface area contributed by atoms with Gasteiger partial charge in [0.1, 0.15) is 0 Å². The molecule has 3 aromatic heterocycles. The minimum absolute atomic E-state index is 0.0571. The normalized spacial score (nSPS) is 11.1.